The van der Waals surface area contributed by atoms with Crippen LogP contribution < -0.4 is 4.74 Å². The van der Waals surface area contributed by atoms with Crippen LogP contribution in [0.2, 0.25) is 0 Å². The van der Waals surface area contributed by atoms with Crippen LogP contribution >= 0.6 is 0 Å². The van der Waals surface area contributed by atoms with Crippen molar-refractivity contribution in [3.8, 4) is 5.75 Å². The Kier molecular flexibility index (Phi) is 7.99. The maximum absolute atomic E-state index is 13.1. The molecule has 2 saturated heterocycles. The van der Waals surface area contributed by atoms with Gasteiger partial charge in [0.1, 0.15) is 18.0 Å². The van der Waals surface area contributed by atoms with Crippen molar-refractivity contribution in [1.82, 2.24) is 19.6 Å². The van der Waals surface area contributed by atoms with Crippen molar-refractivity contribution in [1.29, 1.82) is 0 Å². The molecule has 0 bridgehead atoms. The lowest BCUT2D eigenvalue weighted by Crippen LogP contribution is -2.58. The highest BCUT2D eigenvalue weighted by Crippen LogP contribution is 2.27. The second kappa shape index (κ2) is 11.3. The van der Waals surface area contributed by atoms with E-state index >= 15 is 0 Å². The van der Waals surface area contributed by atoms with E-state index in [2.05, 4.69) is 5.10 Å². The molecular weight excluding hydrogens is 420 g/mol. The smallest absolute Gasteiger partial charge is 0.225 e. The molecule has 2 fully saturated rings. The summed E-state index contributed by atoms with van der Waals surface area (Å²) in [5.74, 6) is 0.896. The highest BCUT2D eigenvalue weighted by Gasteiger charge is 2.42. The molecule has 1 unspecified atom stereocenters. The third-order valence-corrected chi connectivity index (χ3v) is 6.37. The lowest BCUT2D eigenvalue weighted by atomic mass is 9.96. The van der Waals surface area contributed by atoms with Crippen molar-refractivity contribution >= 4 is 11.8 Å². The van der Waals surface area contributed by atoms with Gasteiger partial charge in [0, 0.05) is 45.0 Å². The van der Waals surface area contributed by atoms with Crippen LogP contribution in [0.25, 0.3) is 0 Å². The molecule has 33 heavy (non-hydrogen) atoms. The number of aryl methyl sites for hydroxylation is 1. The Bertz CT molecular complexity index is 883. The fraction of sp³-hybridized carbons (Fsp3) is 0.560. The molecule has 2 aliphatic rings. The summed E-state index contributed by atoms with van der Waals surface area (Å²) in [5, 5.41) is 4.19. The monoisotopic (exact) mass is 454 g/mol. The number of benzene rings is 1. The SMILES string of the molecule is O=C(CC1(COc2ccccc2)CN(C(=O)CCCn2cccn2)CCO1)N1CCCCC1. The summed E-state index contributed by atoms with van der Waals surface area (Å²) in [6, 6.07) is 11.4. The number of likely N-dealkylation sites (tertiary alicyclic amines) is 1. The number of morpholine rings is 1. The Morgan fingerprint density at radius 2 is 1.82 bits per heavy atom. The first-order valence-electron chi connectivity index (χ1n) is 12.0. The van der Waals surface area contributed by atoms with Gasteiger partial charge in [0.05, 0.1) is 19.6 Å². The molecule has 4 rings (SSSR count). The minimum atomic E-state index is -0.847. The van der Waals surface area contributed by atoms with E-state index in [0.29, 0.717) is 32.7 Å². The van der Waals surface area contributed by atoms with Gasteiger partial charge in [-0.1, -0.05) is 18.2 Å². The van der Waals surface area contributed by atoms with E-state index in [1.54, 1.807) is 6.20 Å². The molecule has 0 aliphatic carbocycles. The van der Waals surface area contributed by atoms with Gasteiger partial charge in [0.15, 0.2) is 0 Å². The Morgan fingerprint density at radius 3 is 2.58 bits per heavy atom. The number of nitrogens with zero attached hydrogens (tertiary/aromatic N) is 4. The van der Waals surface area contributed by atoms with Crippen molar-refractivity contribution in [2.24, 2.45) is 0 Å². The molecule has 2 amide bonds. The number of hydrogen-bond acceptors (Lipinski definition) is 5. The molecule has 8 heteroatoms. The highest BCUT2D eigenvalue weighted by atomic mass is 16.5. The van der Waals surface area contributed by atoms with Crippen molar-refractivity contribution in [2.45, 2.75) is 50.7 Å². The maximum Gasteiger partial charge on any atom is 0.225 e. The first kappa shape index (κ1) is 23.3. The highest BCUT2D eigenvalue weighted by molar-refractivity contribution is 5.79. The quantitative estimate of drug-likeness (QED) is 0.582. The van der Waals surface area contributed by atoms with E-state index in [1.807, 2.05) is 57.1 Å². The van der Waals surface area contributed by atoms with Gasteiger partial charge in [-0.15, -0.1) is 0 Å². The summed E-state index contributed by atoms with van der Waals surface area (Å²) in [7, 11) is 0. The first-order chi connectivity index (χ1) is 16.1. The molecule has 1 atom stereocenters. The molecule has 0 saturated carbocycles. The molecule has 1 aromatic carbocycles. The number of hydrogen-bond donors (Lipinski definition) is 0. The van der Waals surface area contributed by atoms with Gasteiger partial charge in [0.2, 0.25) is 11.8 Å². The fourth-order valence-electron chi connectivity index (χ4n) is 4.55. The molecule has 8 nitrogen and oxygen atoms in total. The molecule has 0 radical (unpaired) electrons. The van der Waals surface area contributed by atoms with Crippen LogP contribution in [0.3, 0.4) is 0 Å². The lowest BCUT2D eigenvalue weighted by molar-refractivity contribution is -0.166. The third-order valence-electron chi connectivity index (χ3n) is 6.37. The van der Waals surface area contributed by atoms with Gasteiger partial charge in [-0.3, -0.25) is 14.3 Å². The summed E-state index contributed by atoms with van der Waals surface area (Å²) in [4.78, 5) is 29.9. The Hall–Kier alpha value is -2.87. The Balaban J connectivity index is 1.40. The molecule has 1 aromatic heterocycles. The summed E-state index contributed by atoms with van der Waals surface area (Å²) in [6.45, 7) is 3.82. The average molecular weight is 455 g/mol. The summed E-state index contributed by atoms with van der Waals surface area (Å²) < 4.78 is 14.1. The Morgan fingerprint density at radius 1 is 1.00 bits per heavy atom. The summed E-state index contributed by atoms with van der Waals surface area (Å²) in [5.41, 5.74) is -0.847. The van der Waals surface area contributed by atoms with Gasteiger partial charge in [-0.05, 0) is 43.9 Å². The van der Waals surface area contributed by atoms with Crippen molar-refractivity contribution < 1.29 is 19.1 Å². The third kappa shape index (κ3) is 6.57. The van der Waals surface area contributed by atoms with E-state index < -0.39 is 5.60 Å². The number of amides is 2. The van der Waals surface area contributed by atoms with E-state index in [4.69, 9.17) is 9.47 Å². The van der Waals surface area contributed by atoms with Crippen molar-refractivity contribution in [3.05, 3.63) is 48.8 Å². The Labute approximate surface area is 195 Å². The number of aromatic nitrogens is 2. The first-order valence-corrected chi connectivity index (χ1v) is 12.0. The second-order valence-corrected chi connectivity index (χ2v) is 8.94. The minimum Gasteiger partial charge on any atom is -0.490 e. The van der Waals surface area contributed by atoms with Crippen LogP contribution in [0.5, 0.6) is 5.75 Å². The number of carbonyl (C=O) groups is 2. The summed E-state index contributed by atoms with van der Waals surface area (Å²) in [6.07, 6.45) is 8.28. The van der Waals surface area contributed by atoms with E-state index in [0.717, 1.165) is 38.1 Å². The van der Waals surface area contributed by atoms with Crippen LogP contribution in [0.1, 0.15) is 38.5 Å². The van der Waals surface area contributed by atoms with Crippen LogP contribution in [0, 0.1) is 0 Å². The van der Waals surface area contributed by atoms with Crippen LogP contribution in [-0.2, 0) is 20.9 Å². The van der Waals surface area contributed by atoms with E-state index in [1.165, 1.54) is 6.42 Å². The van der Waals surface area contributed by atoms with E-state index in [9.17, 15) is 9.59 Å². The normalized spacial score (nSPS) is 21.1. The molecule has 3 heterocycles. The predicted molar refractivity (Wildman–Crippen MR) is 124 cm³/mol. The topological polar surface area (TPSA) is 76.9 Å². The number of rotatable bonds is 9. The average Bonchev–Trinajstić information content (AvgIpc) is 3.38. The summed E-state index contributed by atoms with van der Waals surface area (Å²) >= 11 is 0. The number of piperidine rings is 1. The lowest BCUT2D eigenvalue weighted by Gasteiger charge is -2.43. The van der Waals surface area contributed by atoms with Gasteiger partial charge in [0.25, 0.3) is 0 Å². The van der Waals surface area contributed by atoms with Crippen LogP contribution in [0.15, 0.2) is 48.8 Å². The molecule has 2 aliphatic heterocycles. The van der Waals surface area contributed by atoms with Crippen molar-refractivity contribution in [2.75, 3.05) is 39.4 Å². The van der Waals surface area contributed by atoms with Crippen LogP contribution in [0.4, 0.5) is 0 Å². The molecule has 2 aromatic rings. The van der Waals surface area contributed by atoms with Crippen molar-refractivity contribution in [3.63, 3.8) is 0 Å². The molecule has 0 spiro atoms. The van der Waals surface area contributed by atoms with Gasteiger partial charge >= 0.3 is 0 Å². The van der Waals surface area contributed by atoms with Gasteiger partial charge < -0.3 is 19.3 Å². The maximum atomic E-state index is 13.1. The van der Waals surface area contributed by atoms with Gasteiger partial charge in [-0.2, -0.15) is 5.10 Å². The zero-order valence-corrected chi connectivity index (χ0v) is 19.2. The minimum absolute atomic E-state index is 0.0827. The molecule has 0 N–H and O–H groups in total. The standard InChI is InChI=1S/C25H34N4O4/c30-23(11-7-15-29-16-8-12-26-29)28-17-18-33-25(20-28,21-32-22-9-3-1-4-10-22)19-24(31)27-13-5-2-6-14-27/h1,3-4,8-10,12,16H,2,5-7,11,13-15,17-21H2. The van der Waals surface area contributed by atoms with Crippen LogP contribution in [-0.4, -0.2) is 76.4 Å². The largest absolute Gasteiger partial charge is 0.490 e. The molecular formula is C25H34N4O4. The predicted octanol–water partition coefficient (Wildman–Crippen LogP) is 2.74. The number of carbonyl (C=O) groups excluding carboxylic acids is 2. The van der Waals surface area contributed by atoms with E-state index in [-0.39, 0.29) is 24.8 Å². The second-order valence-electron chi connectivity index (χ2n) is 8.94. The molecule has 178 valence electrons. The number of para-hydroxylation sites is 1. The van der Waals surface area contributed by atoms with Gasteiger partial charge in [-0.25, -0.2) is 0 Å². The fourth-order valence-corrected chi connectivity index (χ4v) is 4.55. The zero-order valence-electron chi connectivity index (χ0n) is 19.2. The number of ether oxygens (including phenoxy) is 2. The zero-order chi connectivity index (χ0) is 22.9.